The van der Waals surface area contributed by atoms with Crippen molar-refractivity contribution in [2.45, 2.75) is 25.8 Å². The molecular weight excluding hydrogens is 278 g/mol. The van der Waals surface area contributed by atoms with Crippen LogP contribution in [-0.2, 0) is 4.79 Å². The van der Waals surface area contributed by atoms with Crippen LogP contribution in [0.5, 0.6) is 0 Å². The zero-order valence-electron chi connectivity index (χ0n) is 8.66. The van der Waals surface area contributed by atoms with Gasteiger partial charge in [0.05, 0.1) is 16.3 Å². The number of amides is 1. The average molecular weight is 292 g/mol. The van der Waals surface area contributed by atoms with Gasteiger partial charge in [-0.05, 0) is 41.9 Å². The Morgan fingerprint density at radius 1 is 1.60 bits per heavy atom. The van der Waals surface area contributed by atoms with Gasteiger partial charge in [0, 0.05) is 10.9 Å². The van der Waals surface area contributed by atoms with Gasteiger partial charge in [-0.1, -0.05) is 0 Å². The van der Waals surface area contributed by atoms with Crippen LogP contribution in [0.3, 0.4) is 0 Å². The van der Waals surface area contributed by atoms with E-state index in [-0.39, 0.29) is 24.5 Å². The van der Waals surface area contributed by atoms with Crippen molar-refractivity contribution in [2.24, 2.45) is 0 Å². The summed E-state index contributed by atoms with van der Waals surface area (Å²) in [7, 11) is 0. The van der Waals surface area contributed by atoms with Crippen molar-refractivity contribution in [2.75, 3.05) is 6.61 Å². The van der Waals surface area contributed by atoms with E-state index in [2.05, 4.69) is 21.2 Å². The van der Waals surface area contributed by atoms with Crippen molar-refractivity contribution in [1.82, 2.24) is 5.32 Å². The molecule has 1 aromatic heterocycles. The van der Waals surface area contributed by atoms with Crippen molar-refractivity contribution < 1.29 is 9.90 Å². The lowest BCUT2D eigenvalue weighted by molar-refractivity contribution is -0.123. The number of carbonyl (C=O) groups is 1. The van der Waals surface area contributed by atoms with Crippen LogP contribution in [0.15, 0.2) is 15.9 Å². The molecule has 2 N–H and O–H groups in total. The van der Waals surface area contributed by atoms with Crippen LogP contribution in [0.2, 0.25) is 0 Å². The van der Waals surface area contributed by atoms with Gasteiger partial charge in [0.15, 0.2) is 0 Å². The fourth-order valence-electron chi connectivity index (χ4n) is 1.10. The predicted molar refractivity (Wildman–Crippen MR) is 65.1 cm³/mol. The Labute approximate surface area is 102 Å². The zero-order valence-corrected chi connectivity index (χ0v) is 11.1. The molecule has 0 radical (unpaired) electrons. The summed E-state index contributed by atoms with van der Waals surface area (Å²) in [6.45, 7) is 3.60. The molecule has 0 aromatic carbocycles. The maximum absolute atomic E-state index is 11.7. The van der Waals surface area contributed by atoms with Crippen LogP contribution in [-0.4, -0.2) is 23.7 Å². The van der Waals surface area contributed by atoms with E-state index < -0.39 is 0 Å². The molecule has 1 aromatic rings. The number of halogens is 1. The summed E-state index contributed by atoms with van der Waals surface area (Å²) >= 11 is 4.91. The summed E-state index contributed by atoms with van der Waals surface area (Å²) in [4.78, 5) is 12.7. The van der Waals surface area contributed by atoms with Gasteiger partial charge in [-0.2, -0.15) is 0 Å². The molecule has 0 fully saturated rings. The SMILES string of the molecule is CC(CO)NC(=O)C(C)c1ccc(Br)s1. The minimum Gasteiger partial charge on any atom is -0.394 e. The second-order valence-corrected chi connectivity index (χ2v) is 5.95. The minimum atomic E-state index is -0.191. The third-order valence-corrected chi connectivity index (χ3v) is 3.88. The number of nitrogens with one attached hydrogen (secondary N) is 1. The van der Waals surface area contributed by atoms with Gasteiger partial charge in [-0.3, -0.25) is 4.79 Å². The predicted octanol–water partition coefficient (Wildman–Crippen LogP) is 2.11. The van der Waals surface area contributed by atoms with E-state index in [0.717, 1.165) is 8.66 Å². The molecule has 0 spiro atoms. The molecule has 15 heavy (non-hydrogen) atoms. The zero-order chi connectivity index (χ0) is 11.4. The van der Waals surface area contributed by atoms with E-state index in [1.165, 1.54) is 0 Å². The molecule has 84 valence electrons. The Balaban J connectivity index is 2.60. The number of carbonyl (C=O) groups excluding carboxylic acids is 1. The molecule has 2 unspecified atom stereocenters. The number of aliphatic hydroxyl groups excluding tert-OH is 1. The number of rotatable bonds is 4. The standard InChI is InChI=1S/C10H14BrNO2S/c1-6(5-13)12-10(14)7(2)8-3-4-9(11)15-8/h3-4,6-7,13H,5H2,1-2H3,(H,12,14). The maximum atomic E-state index is 11.7. The van der Waals surface area contributed by atoms with Gasteiger partial charge in [-0.25, -0.2) is 0 Å². The normalized spacial score (nSPS) is 14.7. The van der Waals surface area contributed by atoms with Crippen LogP contribution >= 0.6 is 27.3 Å². The second kappa shape index (κ2) is 5.63. The van der Waals surface area contributed by atoms with E-state index >= 15 is 0 Å². The maximum Gasteiger partial charge on any atom is 0.228 e. The number of hydrogen-bond acceptors (Lipinski definition) is 3. The highest BCUT2D eigenvalue weighted by atomic mass is 79.9. The first-order chi connectivity index (χ1) is 7.04. The van der Waals surface area contributed by atoms with E-state index in [0.29, 0.717) is 0 Å². The average Bonchev–Trinajstić information content (AvgIpc) is 2.63. The highest BCUT2D eigenvalue weighted by molar-refractivity contribution is 9.11. The highest BCUT2D eigenvalue weighted by Gasteiger charge is 2.18. The summed E-state index contributed by atoms with van der Waals surface area (Å²) in [6, 6.07) is 3.67. The van der Waals surface area contributed by atoms with Crippen molar-refractivity contribution >= 4 is 33.2 Å². The van der Waals surface area contributed by atoms with Crippen molar-refractivity contribution in [3.05, 3.63) is 20.8 Å². The lowest BCUT2D eigenvalue weighted by Gasteiger charge is -2.14. The minimum absolute atomic E-state index is 0.0351. The molecular formula is C10H14BrNO2S. The van der Waals surface area contributed by atoms with Crippen LogP contribution in [0.1, 0.15) is 24.6 Å². The Bertz CT molecular complexity index is 340. The van der Waals surface area contributed by atoms with Gasteiger partial charge < -0.3 is 10.4 Å². The van der Waals surface area contributed by atoms with E-state index in [4.69, 9.17) is 5.11 Å². The second-order valence-electron chi connectivity index (χ2n) is 3.46. The molecule has 0 aliphatic carbocycles. The van der Waals surface area contributed by atoms with Crippen LogP contribution in [0.4, 0.5) is 0 Å². The van der Waals surface area contributed by atoms with Gasteiger partial charge >= 0.3 is 0 Å². The van der Waals surface area contributed by atoms with Crippen molar-refractivity contribution in [3.63, 3.8) is 0 Å². The largest absolute Gasteiger partial charge is 0.394 e. The Morgan fingerprint density at radius 3 is 2.73 bits per heavy atom. The molecule has 5 heteroatoms. The quantitative estimate of drug-likeness (QED) is 0.893. The van der Waals surface area contributed by atoms with Crippen molar-refractivity contribution in [3.8, 4) is 0 Å². The lowest BCUT2D eigenvalue weighted by atomic mass is 10.1. The van der Waals surface area contributed by atoms with Gasteiger partial charge in [0.1, 0.15) is 0 Å². The molecule has 0 aliphatic rings. The molecule has 0 saturated carbocycles. The van der Waals surface area contributed by atoms with Gasteiger partial charge in [-0.15, -0.1) is 11.3 Å². The van der Waals surface area contributed by atoms with Crippen LogP contribution in [0.25, 0.3) is 0 Å². The van der Waals surface area contributed by atoms with Crippen molar-refractivity contribution in [1.29, 1.82) is 0 Å². The molecule has 1 heterocycles. The first kappa shape index (κ1) is 12.7. The Morgan fingerprint density at radius 2 is 2.27 bits per heavy atom. The lowest BCUT2D eigenvalue weighted by Crippen LogP contribution is -2.37. The van der Waals surface area contributed by atoms with E-state index in [1.54, 1.807) is 18.3 Å². The number of thiophene rings is 1. The third-order valence-electron chi connectivity index (χ3n) is 2.08. The van der Waals surface area contributed by atoms with Gasteiger partial charge in [0.2, 0.25) is 5.91 Å². The molecule has 0 aliphatic heterocycles. The molecule has 1 rings (SSSR count). The Kier molecular flexibility index (Phi) is 4.76. The Hall–Kier alpha value is -0.390. The van der Waals surface area contributed by atoms with E-state index in [1.807, 2.05) is 19.1 Å². The molecule has 0 saturated heterocycles. The summed E-state index contributed by atoms with van der Waals surface area (Å²) in [5, 5.41) is 11.6. The van der Waals surface area contributed by atoms with Crippen LogP contribution < -0.4 is 5.32 Å². The number of hydrogen-bond donors (Lipinski definition) is 2. The summed E-state index contributed by atoms with van der Waals surface area (Å²) < 4.78 is 1.02. The highest BCUT2D eigenvalue weighted by Crippen LogP contribution is 2.28. The smallest absolute Gasteiger partial charge is 0.228 e. The number of aliphatic hydroxyl groups is 1. The molecule has 1 amide bonds. The fraction of sp³-hybridized carbons (Fsp3) is 0.500. The molecule has 3 nitrogen and oxygen atoms in total. The monoisotopic (exact) mass is 291 g/mol. The van der Waals surface area contributed by atoms with Crippen LogP contribution in [0, 0.1) is 0 Å². The van der Waals surface area contributed by atoms with Gasteiger partial charge in [0.25, 0.3) is 0 Å². The molecule has 2 atom stereocenters. The summed E-state index contributed by atoms with van der Waals surface area (Å²) in [6.07, 6.45) is 0. The molecule has 0 bridgehead atoms. The third kappa shape index (κ3) is 3.59. The first-order valence-electron chi connectivity index (χ1n) is 4.71. The van der Waals surface area contributed by atoms with E-state index in [9.17, 15) is 4.79 Å². The first-order valence-corrected chi connectivity index (χ1v) is 6.32. The summed E-state index contributed by atoms with van der Waals surface area (Å²) in [5.41, 5.74) is 0. The topological polar surface area (TPSA) is 49.3 Å². The fourth-order valence-corrected chi connectivity index (χ4v) is 2.58. The summed E-state index contributed by atoms with van der Waals surface area (Å²) in [5.74, 6) is -0.221.